The van der Waals surface area contributed by atoms with Crippen molar-refractivity contribution < 1.29 is 33.3 Å². The van der Waals surface area contributed by atoms with E-state index >= 15 is 0 Å². The Morgan fingerprint density at radius 3 is 1.90 bits per heavy atom. The van der Waals surface area contributed by atoms with Crippen LogP contribution >= 0.6 is 0 Å². The van der Waals surface area contributed by atoms with Gasteiger partial charge in [-0.05, 0) is 25.9 Å². The first-order valence-electron chi connectivity index (χ1n) is 15.1. The third-order valence-electron chi connectivity index (χ3n) is 5.96. The van der Waals surface area contributed by atoms with Gasteiger partial charge in [-0.25, -0.2) is 4.68 Å². The summed E-state index contributed by atoms with van der Waals surface area (Å²) in [5.41, 5.74) is 0.572. The normalized spacial score (nSPS) is 18.3. The predicted octanol–water partition coefficient (Wildman–Crippen LogP) is 2.84. The van der Waals surface area contributed by atoms with Crippen LogP contribution in [-0.2, 0) is 46.4 Å². The van der Waals surface area contributed by atoms with Crippen molar-refractivity contribution in [3.8, 4) is 0 Å². The maximum absolute atomic E-state index is 11.9. The van der Waals surface area contributed by atoms with Gasteiger partial charge in [0, 0.05) is 25.3 Å². The lowest BCUT2D eigenvalue weighted by molar-refractivity contribution is -0.140. The third kappa shape index (κ3) is 18.0. The van der Waals surface area contributed by atoms with Gasteiger partial charge >= 0.3 is 0 Å². The Balaban J connectivity index is 0.00000123. The maximum Gasteiger partial charge on any atom is 0.232 e. The lowest BCUT2D eigenvalue weighted by Gasteiger charge is -2.11. The third-order valence-corrected chi connectivity index (χ3v) is 5.96. The molecule has 0 saturated carbocycles. The summed E-state index contributed by atoms with van der Waals surface area (Å²) in [5.74, 6) is 0.359. The molecule has 2 amide bonds. The molecule has 0 spiro atoms. The minimum absolute atomic E-state index is 0.156. The van der Waals surface area contributed by atoms with Gasteiger partial charge in [-0.3, -0.25) is 14.5 Å². The molecule has 1 aromatic heterocycles. The molecular weight excluding hydrogens is 530 g/mol. The SMILES string of the molecule is CC.CC.CC1CC(=O)N(Cc2cn(CCOCCOCCOCCOCCC=O)nn2)C1=O.CC1CCN(C)C1. The Morgan fingerprint density at radius 2 is 1.46 bits per heavy atom. The van der Waals surface area contributed by atoms with E-state index in [1.165, 1.54) is 24.4 Å². The predicted molar refractivity (Wildman–Crippen MR) is 157 cm³/mol. The quantitative estimate of drug-likeness (QED) is 0.153. The van der Waals surface area contributed by atoms with E-state index in [0.717, 1.165) is 12.2 Å². The molecule has 12 heteroatoms. The highest BCUT2D eigenvalue weighted by atomic mass is 16.6. The first-order valence-corrected chi connectivity index (χ1v) is 15.1. The molecule has 12 nitrogen and oxygen atoms in total. The fourth-order valence-electron chi connectivity index (χ4n) is 3.90. The summed E-state index contributed by atoms with van der Waals surface area (Å²) in [5, 5.41) is 8.00. The van der Waals surface area contributed by atoms with Gasteiger partial charge < -0.3 is 28.6 Å². The van der Waals surface area contributed by atoms with E-state index in [0.29, 0.717) is 71.5 Å². The Morgan fingerprint density at radius 1 is 0.902 bits per heavy atom. The lowest BCUT2D eigenvalue weighted by Crippen LogP contribution is -2.29. The van der Waals surface area contributed by atoms with Gasteiger partial charge in [0.25, 0.3) is 0 Å². The van der Waals surface area contributed by atoms with Crippen molar-refractivity contribution in [2.24, 2.45) is 11.8 Å². The topological polar surface area (TPSA) is 125 Å². The number of aromatic nitrogens is 3. The first kappa shape index (κ1) is 38.8. The monoisotopic (exact) mass is 585 g/mol. The molecule has 0 aliphatic carbocycles. The molecule has 0 bridgehead atoms. The Kier molecular flexibility index (Phi) is 24.1. The average molecular weight is 586 g/mol. The van der Waals surface area contributed by atoms with E-state index in [4.69, 9.17) is 18.9 Å². The number of amides is 2. The molecule has 2 atom stereocenters. The molecule has 238 valence electrons. The minimum atomic E-state index is -0.261. The van der Waals surface area contributed by atoms with Crippen LogP contribution in [0.3, 0.4) is 0 Å². The highest BCUT2D eigenvalue weighted by Crippen LogP contribution is 2.20. The van der Waals surface area contributed by atoms with E-state index in [9.17, 15) is 14.4 Å². The summed E-state index contributed by atoms with van der Waals surface area (Å²) in [7, 11) is 2.18. The number of ether oxygens (including phenoxy) is 4. The molecule has 0 N–H and O–H groups in total. The van der Waals surface area contributed by atoms with Gasteiger partial charge in [0.1, 0.15) is 12.0 Å². The van der Waals surface area contributed by atoms with Crippen LogP contribution in [0.5, 0.6) is 0 Å². The lowest BCUT2D eigenvalue weighted by atomic mass is 10.1. The van der Waals surface area contributed by atoms with Crippen LogP contribution in [0.15, 0.2) is 6.20 Å². The van der Waals surface area contributed by atoms with Crippen molar-refractivity contribution in [3.05, 3.63) is 11.9 Å². The standard InChI is InChI=1S/C19H30N4O7.C6H13N.2C2H6/c1-16-13-18(25)23(19(16)26)15-17-14-22(21-20-17)3-6-28-8-10-30-12-11-29-9-7-27-5-2-4-24;1-6-3-4-7(2)5-6;2*1-2/h4,14,16H,2-3,5-13,15H2,1H3;6H,3-5H2,1-2H3;2*1-2H3. The zero-order valence-corrected chi connectivity index (χ0v) is 26.5. The second kappa shape index (κ2) is 25.5. The highest BCUT2D eigenvalue weighted by molar-refractivity contribution is 6.03. The van der Waals surface area contributed by atoms with E-state index in [1.54, 1.807) is 17.8 Å². The number of aldehydes is 1. The molecule has 0 aromatic carbocycles. The van der Waals surface area contributed by atoms with Crippen LogP contribution in [0.25, 0.3) is 0 Å². The summed E-state index contributed by atoms with van der Waals surface area (Å²) < 4.78 is 23.0. The van der Waals surface area contributed by atoms with E-state index in [-0.39, 0.29) is 30.7 Å². The second-order valence-electron chi connectivity index (χ2n) is 9.46. The number of nitrogens with zero attached hydrogens (tertiary/aromatic N) is 5. The fourth-order valence-corrected chi connectivity index (χ4v) is 3.90. The van der Waals surface area contributed by atoms with Crippen molar-refractivity contribution in [2.45, 2.75) is 73.9 Å². The largest absolute Gasteiger partial charge is 0.379 e. The molecule has 3 heterocycles. The molecule has 2 unspecified atom stereocenters. The number of rotatable bonds is 17. The number of likely N-dealkylation sites (tertiary alicyclic amines) is 2. The van der Waals surface area contributed by atoms with Gasteiger partial charge in [0.2, 0.25) is 11.8 Å². The van der Waals surface area contributed by atoms with E-state index in [2.05, 4.69) is 29.2 Å². The summed E-state index contributed by atoms with van der Waals surface area (Å²) in [4.78, 5) is 37.5. The molecule has 1 aromatic rings. The van der Waals surface area contributed by atoms with Gasteiger partial charge in [0.15, 0.2) is 0 Å². The first-order chi connectivity index (χ1) is 19.9. The number of imide groups is 1. The van der Waals surface area contributed by atoms with Gasteiger partial charge in [0.05, 0.1) is 72.1 Å². The van der Waals surface area contributed by atoms with E-state index in [1.807, 2.05) is 27.7 Å². The molecule has 0 radical (unpaired) electrons. The Labute approximate surface area is 247 Å². The van der Waals surface area contributed by atoms with Crippen molar-refractivity contribution >= 4 is 18.1 Å². The van der Waals surface area contributed by atoms with Crippen LogP contribution in [0.1, 0.15) is 66.5 Å². The smallest absolute Gasteiger partial charge is 0.232 e. The molecular formula is C29H55N5O7. The summed E-state index contributed by atoms with van der Waals surface area (Å²) in [6.07, 6.45) is 4.59. The molecule has 3 rings (SSSR count). The minimum Gasteiger partial charge on any atom is -0.379 e. The van der Waals surface area contributed by atoms with Crippen LogP contribution in [0.4, 0.5) is 0 Å². The van der Waals surface area contributed by atoms with Gasteiger partial charge in [-0.1, -0.05) is 46.8 Å². The maximum atomic E-state index is 11.9. The molecule has 2 aliphatic heterocycles. The summed E-state index contributed by atoms with van der Waals surface area (Å²) >= 11 is 0. The molecule has 2 aliphatic rings. The number of carbonyl (C=O) groups is 3. The second-order valence-corrected chi connectivity index (χ2v) is 9.46. The molecule has 41 heavy (non-hydrogen) atoms. The van der Waals surface area contributed by atoms with Crippen molar-refractivity contribution in [1.82, 2.24) is 24.8 Å². The highest BCUT2D eigenvalue weighted by Gasteiger charge is 2.35. The summed E-state index contributed by atoms with van der Waals surface area (Å²) in [6.45, 7) is 19.0. The van der Waals surface area contributed by atoms with Gasteiger partial charge in [-0.2, -0.15) is 0 Å². The van der Waals surface area contributed by atoms with Gasteiger partial charge in [-0.15, -0.1) is 5.10 Å². The van der Waals surface area contributed by atoms with E-state index < -0.39 is 0 Å². The van der Waals surface area contributed by atoms with Crippen LogP contribution in [0, 0.1) is 11.8 Å². The zero-order chi connectivity index (χ0) is 30.9. The van der Waals surface area contributed by atoms with Crippen LogP contribution in [-0.4, -0.2) is 116 Å². The van der Waals surface area contributed by atoms with Crippen molar-refractivity contribution in [3.63, 3.8) is 0 Å². The molecule has 2 fully saturated rings. The Bertz CT molecular complexity index is 800. The Hall–Kier alpha value is -2.25. The fraction of sp³-hybridized carbons (Fsp3) is 0.828. The summed E-state index contributed by atoms with van der Waals surface area (Å²) in [6, 6.07) is 0. The van der Waals surface area contributed by atoms with Crippen LogP contribution in [0.2, 0.25) is 0 Å². The number of carbonyl (C=O) groups excluding carboxylic acids is 3. The number of hydrogen-bond donors (Lipinski definition) is 0. The van der Waals surface area contributed by atoms with Crippen LogP contribution < -0.4 is 0 Å². The zero-order valence-electron chi connectivity index (χ0n) is 26.5. The molecule has 2 saturated heterocycles. The van der Waals surface area contributed by atoms with Crippen molar-refractivity contribution in [1.29, 1.82) is 0 Å². The number of hydrogen-bond acceptors (Lipinski definition) is 10. The van der Waals surface area contributed by atoms with Crippen molar-refractivity contribution in [2.75, 3.05) is 73.0 Å². The average Bonchev–Trinajstić information content (AvgIpc) is 3.66.